The summed E-state index contributed by atoms with van der Waals surface area (Å²) in [6.07, 6.45) is 3.42. The van der Waals surface area contributed by atoms with Crippen molar-refractivity contribution in [2.24, 2.45) is 5.73 Å². The first-order valence-electron chi connectivity index (χ1n) is 14.2. The molecule has 0 radical (unpaired) electrons. The summed E-state index contributed by atoms with van der Waals surface area (Å²) in [7, 11) is 4.61. The van der Waals surface area contributed by atoms with Gasteiger partial charge in [0.15, 0.2) is 16.6 Å². The van der Waals surface area contributed by atoms with Gasteiger partial charge in [-0.15, -0.1) is 11.3 Å². The summed E-state index contributed by atoms with van der Waals surface area (Å²) < 4.78 is 17.1. The summed E-state index contributed by atoms with van der Waals surface area (Å²) in [6.45, 7) is 1.44. The zero-order valence-electron chi connectivity index (χ0n) is 25.8. The van der Waals surface area contributed by atoms with Crippen LogP contribution in [0.5, 0.6) is 17.2 Å². The molecule has 14 heteroatoms. The van der Waals surface area contributed by atoms with Crippen molar-refractivity contribution < 1.29 is 28.6 Å². The van der Waals surface area contributed by atoms with Gasteiger partial charge >= 0.3 is 0 Å². The Kier molecular flexibility index (Phi) is 11.3. The van der Waals surface area contributed by atoms with Crippen LogP contribution in [0.25, 0.3) is 11.1 Å². The molecule has 3 aromatic rings. The third-order valence-electron chi connectivity index (χ3n) is 7.31. The zero-order valence-corrected chi connectivity index (χ0v) is 27.4. The number of thioether (sulfide) groups is 1. The van der Waals surface area contributed by atoms with Crippen LogP contribution in [0.4, 0.5) is 10.8 Å². The van der Waals surface area contributed by atoms with Crippen molar-refractivity contribution in [1.29, 1.82) is 0 Å². The number of hydrogen-bond acceptors (Lipinski definition) is 11. The number of nitrogens with one attached hydrogen (secondary N) is 3. The predicted octanol–water partition coefficient (Wildman–Crippen LogP) is 3.52. The number of fused-ring (bicyclic) bond motifs is 3. The highest BCUT2D eigenvalue weighted by Crippen LogP contribution is 2.50. The lowest BCUT2D eigenvalue weighted by Gasteiger charge is -2.19. The Hall–Kier alpha value is -4.30. The van der Waals surface area contributed by atoms with E-state index < -0.39 is 18.0 Å². The monoisotopic (exact) mass is 655 g/mol. The molecule has 0 aliphatic heterocycles. The van der Waals surface area contributed by atoms with Gasteiger partial charge in [-0.05, 0) is 66.2 Å². The second-order valence-electron chi connectivity index (χ2n) is 10.4. The Morgan fingerprint density at radius 2 is 1.89 bits per heavy atom. The molecule has 0 saturated heterocycles. The van der Waals surface area contributed by atoms with Crippen molar-refractivity contribution >= 4 is 51.6 Å². The van der Waals surface area contributed by atoms with Gasteiger partial charge in [0.25, 0.3) is 0 Å². The van der Waals surface area contributed by atoms with Crippen molar-refractivity contribution in [1.82, 2.24) is 10.3 Å². The van der Waals surface area contributed by atoms with Gasteiger partial charge in [-0.25, -0.2) is 4.98 Å². The summed E-state index contributed by atoms with van der Waals surface area (Å²) in [5.74, 6) is 0.879. The SMILES string of the molecule is COc1cc2c(c(OC)c1OC)-c1ccc(NC(CCSC)C(=O)Nc3nc(CC(N)=O)cs3)c(=O)cc1C(NC(C)=O)CC2. The van der Waals surface area contributed by atoms with E-state index in [0.29, 0.717) is 64.2 Å². The fourth-order valence-corrected chi connectivity index (χ4v) is 6.52. The lowest BCUT2D eigenvalue weighted by atomic mass is 9.95. The van der Waals surface area contributed by atoms with E-state index in [4.69, 9.17) is 19.9 Å². The summed E-state index contributed by atoms with van der Waals surface area (Å²) in [4.78, 5) is 54.9. The molecule has 0 spiro atoms. The molecule has 2 atom stereocenters. The molecule has 1 heterocycles. The summed E-state index contributed by atoms with van der Waals surface area (Å²) in [5, 5.41) is 10.9. The number of aryl methyl sites for hydroxylation is 1. The molecule has 1 aromatic heterocycles. The first-order valence-corrected chi connectivity index (χ1v) is 16.4. The Bertz CT molecular complexity index is 1650. The fraction of sp³-hybridized carbons (Fsp3) is 0.387. The molecule has 1 aliphatic carbocycles. The van der Waals surface area contributed by atoms with Crippen LogP contribution in [-0.2, 0) is 27.2 Å². The van der Waals surface area contributed by atoms with E-state index in [2.05, 4.69) is 20.9 Å². The number of rotatable bonds is 13. The zero-order chi connectivity index (χ0) is 32.7. The number of amides is 3. The molecular weight excluding hydrogens is 619 g/mol. The van der Waals surface area contributed by atoms with E-state index in [0.717, 1.165) is 11.1 Å². The highest BCUT2D eigenvalue weighted by molar-refractivity contribution is 7.98. The van der Waals surface area contributed by atoms with Crippen LogP contribution < -0.4 is 41.3 Å². The molecule has 12 nitrogen and oxygen atoms in total. The van der Waals surface area contributed by atoms with Gasteiger partial charge in [0, 0.05) is 17.9 Å². The molecular formula is C31H37N5O7S2. The van der Waals surface area contributed by atoms with Crippen molar-refractivity contribution in [2.75, 3.05) is 44.0 Å². The van der Waals surface area contributed by atoms with Crippen LogP contribution in [0.2, 0.25) is 0 Å². The first-order chi connectivity index (χ1) is 21.6. The van der Waals surface area contributed by atoms with Crippen LogP contribution in [0, 0.1) is 0 Å². The Labute approximate surface area is 269 Å². The number of nitrogens with zero attached hydrogens (tertiary/aromatic N) is 1. The number of benzene rings is 1. The maximum absolute atomic E-state index is 13.8. The number of nitrogens with two attached hydrogens (primary N) is 1. The molecule has 45 heavy (non-hydrogen) atoms. The summed E-state index contributed by atoms with van der Waals surface area (Å²) in [5.41, 5.74) is 8.51. The number of thiazole rings is 1. The van der Waals surface area contributed by atoms with Crippen LogP contribution in [-0.4, -0.2) is 62.1 Å². The van der Waals surface area contributed by atoms with Crippen LogP contribution >= 0.6 is 23.1 Å². The van der Waals surface area contributed by atoms with Gasteiger partial charge < -0.3 is 35.9 Å². The minimum Gasteiger partial charge on any atom is -0.493 e. The molecule has 2 unspecified atom stereocenters. The second-order valence-corrected chi connectivity index (χ2v) is 12.2. The lowest BCUT2D eigenvalue weighted by molar-refractivity contribution is -0.120. The van der Waals surface area contributed by atoms with E-state index in [-0.39, 0.29) is 29.4 Å². The van der Waals surface area contributed by atoms with Crippen molar-refractivity contribution in [2.45, 2.75) is 44.7 Å². The second kappa shape index (κ2) is 15.1. The number of carbonyl (C=O) groups is 3. The van der Waals surface area contributed by atoms with E-state index in [9.17, 15) is 19.2 Å². The Balaban J connectivity index is 1.79. The minimum absolute atomic E-state index is 0.0305. The van der Waals surface area contributed by atoms with Gasteiger partial charge in [0.1, 0.15) is 6.04 Å². The van der Waals surface area contributed by atoms with Crippen LogP contribution in [0.15, 0.2) is 34.4 Å². The molecule has 4 rings (SSSR count). The van der Waals surface area contributed by atoms with Gasteiger partial charge in [0.05, 0.1) is 45.2 Å². The predicted molar refractivity (Wildman–Crippen MR) is 177 cm³/mol. The fourth-order valence-electron chi connectivity index (χ4n) is 5.34. The third-order valence-corrected chi connectivity index (χ3v) is 8.76. The van der Waals surface area contributed by atoms with Gasteiger partial charge in [-0.2, -0.15) is 11.8 Å². The number of carbonyl (C=O) groups excluding carboxylic acids is 3. The number of methoxy groups -OCH3 is 3. The lowest BCUT2D eigenvalue weighted by Crippen LogP contribution is -2.36. The molecule has 0 bridgehead atoms. The van der Waals surface area contributed by atoms with Crippen molar-refractivity contribution in [3.05, 3.63) is 56.7 Å². The average Bonchev–Trinajstić information content (AvgIpc) is 3.30. The molecule has 2 aromatic carbocycles. The molecule has 240 valence electrons. The Morgan fingerprint density at radius 3 is 2.53 bits per heavy atom. The highest BCUT2D eigenvalue weighted by Gasteiger charge is 2.30. The highest BCUT2D eigenvalue weighted by atomic mass is 32.2. The average molecular weight is 656 g/mol. The van der Waals surface area contributed by atoms with Crippen molar-refractivity contribution in [3.63, 3.8) is 0 Å². The first kappa shape index (κ1) is 33.6. The third kappa shape index (κ3) is 7.87. The maximum Gasteiger partial charge on any atom is 0.248 e. The number of aromatic nitrogens is 1. The molecule has 1 aliphatic rings. The normalized spacial score (nSPS) is 14.2. The summed E-state index contributed by atoms with van der Waals surface area (Å²) >= 11 is 2.75. The summed E-state index contributed by atoms with van der Waals surface area (Å²) in [6, 6.07) is 5.60. The molecule has 0 fully saturated rings. The molecule has 5 N–H and O–H groups in total. The van der Waals surface area contributed by atoms with Gasteiger partial charge in [-0.3, -0.25) is 19.2 Å². The van der Waals surface area contributed by atoms with Crippen molar-refractivity contribution in [3.8, 4) is 28.4 Å². The smallest absolute Gasteiger partial charge is 0.248 e. The quantitative estimate of drug-likeness (QED) is 0.214. The van der Waals surface area contributed by atoms with E-state index in [1.807, 2.05) is 12.3 Å². The largest absolute Gasteiger partial charge is 0.493 e. The number of hydrogen-bond donors (Lipinski definition) is 4. The topological polar surface area (TPSA) is 171 Å². The van der Waals surface area contributed by atoms with E-state index >= 15 is 0 Å². The number of anilines is 2. The van der Waals surface area contributed by atoms with Gasteiger partial charge in [-0.1, -0.05) is 6.07 Å². The van der Waals surface area contributed by atoms with E-state index in [1.165, 1.54) is 38.5 Å². The molecule has 3 amide bonds. The van der Waals surface area contributed by atoms with Crippen LogP contribution in [0.1, 0.15) is 42.6 Å². The minimum atomic E-state index is -0.770. The standard InChI is InChI=1S/C31H37N5O7S2/c1-16(37)33-21-8-6-17-12-25(41-2)28(42-3)29(43-4)27(17)19-7-9-22(24(38)14-20(19)21)35-23(10-11-44-5)30(40)36-31-34-18(15-45-31)13-26(32)39/h7,9,12,14-15,21,23H,6,8,10-11,13H2,1-5H3,(H2,32,39)(H,33,37)(H,35,38)(H,34,36,40). The van der Waals surface area contributed by atoms with E-state index in [1.54, 1.807) is 36.4 Å². The van der Waals surface area contributed by atoms with Crippen LogP contribution in [0.3, 0.4) is 0 Å². The molecule has 0 saturated carbocycles. The van der Waals surface area contributed by atoms with Gasteiger partial charge in [0.2, 0.25) is 28.9 Å². The number of primary amides is 1. The Morgan fingerprint density at radius 1 is 1.13 bits per heavy atom. The number of ether oxygens (including phenoxy) is 3. The maximum atomic E-state index is 13.8.